The summed E-state index contributed by atoms with van der Waals surface area (Å²) < 4.78 is 13.1. The molecule has 6 heteroatoms. The fourth-order valence-corrected chi connectivity index (χ4v) is 3.19. The summed E-state index contributed by atoms with van der Waals surface area (Å²) in [7, 11) is 0. The van der Waals surface area contributed by atoms with Crippen molar-refractivity contribution in [1.29, 1.82) is 0 Å². The van der Waals surface area contributed by atoms with Crippen LogP contribution < -0.4 is 5.32 Å². The monoisotopic (exact) mass is 348 g/mol. The van der Waals surface area contributed by atoms with Crippen molar-refractivity contribution in [2.75, 3.05) is 0 Å². The number of aromatic nitrogens is 1. The molecule has 1 heterocycles. The fourth-order valence-electron chi connectivity index (χ4n) is 2.96. The second kappa shape index (κ2) is 7.28. The van der Waals surface area contributed by atoms with E-state index in [9.17, 15) is 14.3 Å². The maximum absolute atomic E-state index is 13.1. The van der Waals surface area contributed by atoms with E-state index in [0.29, 0.717) is 18.4 Å². The first-order valence-corrected chi connectivity index (χ1v) is 8.23. The van der Waals surface area contributed by atoms with Gasteiger partial charge >= 0.3 is 0 Å². The van der Waals surface area contributed by atoms with Crippen LogP contribution >= 0.6 is 11.6 Å². The summed E-state index contributed by atoms with van der Waals surface area (Å²) in [5, 5.41) is 12.8. The summed E-state index contributed by atoms with van der Waals surface area (Å²) in [4.78, 5) is 16.7. The fraction of sp³-hybridized carbons (Fsp3) is 0.333. The molecule has 0 saturated heterocycles. The zero-order valence-corrected chi connectivity index (χ0v) is 13.7. The minimum atomic E-state index is -0.432. The minimum Gasteiger partial charge on any atom is -0.393 e. The minimum absolute atomic E-state index is 0.0672. The summed E-state index contributed by atoms with van der Waals surface area (Å²) >= 11 is 5.98. The molecule has 2 N–H and O–H groups in total. The lowest BCUT2D eigenvalue weighted by atomic mass is 9.76. The number of amides is 1. The van der Waals surface area contributed by atoms with Crippen molar-refractivity contribution in [1.82, 2.24) is 10.3 Å². The maximum atomic E-state index is 13.1. The van der Waals surface area contributed by atoms with Gasteiger partial charge in [-0.05, 0) is 48.6 Å². The molecular formula is C18H18ClFN2O2. The van der Waals surface area contributed by atoms with Gasteiger partial charge in [0.25, 0.3) is 0 Å². The van der Waals surface area contributed by atoms with Crippen LogP contribution in [0, 0.1) is 11.7 Å². The largest absolute Gasteiger partial charge is 0.393 e. The lowest BCUT2D eigenvalue weighted by Gasteiger charge is -2.37. The van der Waals surface area contributed by atoms with Crippen LogP contribution in [0.15, 0.2) is 42.6 Å². The summed E-state index contributed by atoms with van der Waals surface area (Å²) in [6.45, 7) is 0. The molecule has 4 nitrogen and oxygen atoms in total. The van der Waals surface area contributed by atoms with Crippen LogP contribution in [0.3, 0.4) is 0 Å². The van der Waals surface area contributed by atoms with E-state index in [1.165, 1.54) is 18.2 Å². The van der Waals surface area contributed by atoms with Crippen molar-refractivity contribution in [3.63, 3.8) is 0 Å². The lowest BCUT2D eigenvalue weighted by Crippen LogP contribution is -2.42. The number of nitrogens with zero attached hydrogens (tertiary/aromatic N) is 1. The molecule has 1 saturated carbocycles. The van der Waals surface area contributed by atoms with Gasteiger partial charge in [0.15, 0.2) is 0 Å². The highest BCUT2D eigenvalue weighted by Gasteiger charge is 2.36. The summed E-state index contributed by atoms with van der Waals surface area (Å²) in [6.07, 6.45) is 2.71. The van der Waals surface area contributed by atoms with Crippen LogP contribution in [0.25, 0.3) is 0 Å². The van der Waals surface area contributed by atoms with Crippen LogP contribution in [0.5, 0.6) is 0 Å². The van der Waals surface area contributed by atoms with Crippen molar-refractivity contribution < 1.29 is 14.3 Å². The van der Waals surface area contributed by atoms with Gasteiger partial charge in [-0.15, -0.1) is 0 Å². The van der Waals surface area contributed by atoms with Gasteiger partial charge in [0.1, 0.15) is 5.82 Å². The Morgan fingerprint density at radius 3 is 2.79 bits per heavy atom. The SMILES string of the molecule is O=C(Cc1ccc(F)cc1Cl)N[C@H](c1ccccn1)C1CC(O)C1. The molecule has 1 atom stereocenters. The highest BCUT2D eigenvalue weighted by atomic mass is 35.5. The average Bonchev–Trinajstić information content (AvgIpc) is 2.53. The Morgan fingerprint density at radius 2 is 2.17 bits per heavy atom. The lowest BCUT2D eigenvalue weighted by molar-refractivity contribution is -0.122. The quantitative estimate of drug-likeness (QED) is 0.873. The number of rotatable bonds is 5. The third kappa shape index (κ3) is 3.91. The number of carbonyl (C=O) groups is 1. The second-order valence-electron chi connectivity index (χ2n) is 6.10. The first-order chi connectivity index (χ1) is 11.5. The third-order valence-corrected chi connectivity index (χ3v) is 4.66. The smallest absolute Gasteiger partial charge is 0.225 e. The molecule has 1 aromatic heterocycles. The number of benzene rings is 1. The normalized spacial score (nSPS) is 21.0. The predicted octanol–water partition coefficient (Wildman–Crippen LogP) is 3.05. The molecule has 1 aromatic carbocycles. The van der Waals surface area contributed by atoms with Crippen molar-refractivity contribution >= 4 is 17.5 Å². The number of carbonyl (C=O) groups excluding carboxylic acids is 1. The van der Waals surface area contributed by atoms with Gasteiger partial charge < -0.3 is 10.4 Å². The molecule has 0 radical (unpaired) electrons. The highest BCUT2D eigenvalue weighted by molar-refractivity contribution is 6.31. The number of hydrogen-bond acceptors (Lipinski definition) is 3. The Hall–Kier alpha value is -1.98. The van der Waals surface area contributed by atoms with Crippen LogP contribution in [0.1, 0.15) is 30.1 Å². The zero-order chi connectivity index (χ0) is 17.1. The number of halogens is 2. The Kier molecular flexibility index (Phi) is 5.11. The summed E-state index contributed by atoms with van der Waals surface area (Å²) in [6, 6.07) is 9.29. The number of aliphatic hydroxyl groups excluding tert-OH is 1. The molecule has 0 bridgehead atoms. The van der Waals surface area contributed by atoms with Crippen molar-refractivity contribution in [2.24, 2.45) is 5.92 Å². The van der Waals surface area contributed by atoms with Crippen molar-refractivity contribution in [3.8, 4) is 0 Å². The average molecular weight is 349 g/mol. The van der Waals surface area contributed by atoms with E-state index < -0.39 is 5.82 Å². The van der Waals surface area contributed by atoms with Gasteiger partial charge in [0.2, 0.25) is 5.91 Å². The second-order valence-corrected chi connectivity index (χ2v) is 6.50. The van der Waals surface area contributed by atoms with Gasteiger partial charge in [-0.1, -0.05) is 23.7 Å². The number of pyridine rings is 1. The van der Waals surface area contributed by atoms with E-state index in [1.54, 1.807) is 6.20 Å². The molecular weight excluding hydrogens is 331 g/mol. The molecule has 0 aliphatic heterocycles. The Morgan fingerprint density at radius 1 is 1.38 bits per heavy atom. The third-order valence-electron chi connectivity index (χ3n) is 4.31. The molecule has 1 aliphatic rings. The van der Waals surface area contributed by atoms with E-state index in [1.807, 2.05) is 18.2 Å². The molecule has 0 spiro atoms. The van der Waals surface area contributed by atoms with Gasteiger partial charge in [0.05, 0.1) is 24.3 Å². The van der Waals surface area contributed by atoms with E-state index in [2.05, 4.69) is 10.3 Å². The summed E-state index contributed by atoms with van der Waals surface area (Å²) in [5.41, 5.74) is 1.34. The first-order valence-electron chi connectivity index (χ1n) is 7.85. The molecule has 2 aromatic rings. The van der Waals surface area contributed by atoms with Crippen LogP contribution in [-0.4, -0.2) is 22.1 Å². The van der Waals surface area contributed by atoms with Crippen LogP contribution in [-0.2, 0) is 11.2 Å². The molecule has 1 amide bonds. The zero-order valence-electron chi connectivity index (χ0n) is 13.0. The van der Waals surface area contributed by atoms with Crippen LogP contribution in [0.2, 0.25) is 5.02 Å². The van der Waals surface area contributed by atoms with Gasteiger partial charge in [-0.25, -0.2) is 4.39 Å². The van der Waals surface area contributed by atoms with E-state index in [4.69, 9.17) is 11.6 Å². The van der Waals surface area contributed by atoms with E-state index in [-0.39, 0.29) is 35.4 Å². The molecule has 126 valence electrons. The maximum Gasteiger partial charge on any atom is 0.225 e. The van der Waals surface area contributed by atoms with E-state index in [0.717, 1.165) is 5.69 Å². The van der Waals surface area contributed by atoms with Crippen molar-refractivity contribution in [2.45, 2.75) is 31.4 Å². The van der Waals surface area contributed by atoms with Gasteiger partial charge in [-0.3, -0.25) is 9.78 Å². The Labute approximate surface area is 144 Å². The Bertz CT molecular complexity index is 720. The molecule has 1 aliphatic carbocycles. The standard InChI is InChI=1S/C18H18ClFN2O2/c19-15-10-13(20)5-4-11(15)9-17(24)22-18(12-7-14(23)8-12)16-3-1-2-6-21-16/h1-6,10,12,14,18,23H,7-9H2,(H,22,24)/t12?,14?,18-/m0/s1. The Balaban J connectivity index is 1.71. The topological polar surface area (TPSA) is 62.2 Å². The van der Waals surface area contributed by atoms with Crippen LogP contribution in [0.4, 0.5) is 4.39 Å². The highest BCUT2D eigenvalue weighted by Crippen LogP contribution is 2.37. The number of nitrogens with one attached hydrogen (secondary N) is 1. The van der Waals surface area contributed by atoms with Gasteiger partial charge in [-0.2, -0.15) is 0 Å². The van der Waals surface area contributed by atoms with E-state index >= 15 is 0 Å². The first kappa shape index (κ1) is 16.9. The number of aliphatic hydroxyl groups is 1. The molecule has 24 heavy (non-hydrogen) atoms. The molecule has 3 rings (SSSR count). The van der Waals surface area contributed by atoms with Gasteiger partial charge in [0, 0.05) is 11.2 Å². The molecule has 1 fully saturated rings. The summed E-state index contributed by atoms with van der Waals surface area (Å²) in [5.74, 6) is -0.484. The molecule has 0 unspecified atom stereocenters. The van der Waals surface area contributed by atoms with Crippen molar-refractivity contribution in [3.05, 3.63) is 64.7 Å². The number of hydrogen-bond donors (Lipinski definition) is 2. The predicted molar refractivity (Wildman–Crippen MR) is 89.0 cm³/mol.